The summed E-state index contributed by atoms with van der Waals surface area (Å²) in [5.41, 5.74) is 0.993. The van der Waals surface area contributed by atoms with E-state index in [1.165, 1.54) is 0 Å². The van der Waals surface area contributed by atoms with Gasteiger partial charge in [-0.15, -0.1) is 0 Å². The summed E-state index contributed by atoms with van der Waals surface area (Å²) < 4.78 is 2.71. The number of aliphatic imine (C=N–C) groups is 1. The second-order valence-electron chi connectivity index (χ2n) is 2.27. The maximum Gasteiger partial charge on any atom is 0.114 e. The highest BCUT2D eigenvalue weighted by atomic mass is 32.1. The molecule has 11 heavy (non-hydrogen) atoms. The minimum absolute atomic E-state index is 0.818. The van der Waals surface area contributed by atoms with Gasteiger partial charge in [-0.05, 0) is 12.1 Å². The van der Waals surface area contributed by atoms with Crippen molar-refractivity contribution in [3.8, 4) is 0 Å². The van der Waals surface area contributed by atoms with E-state index in [9.17, 15) is 0 Å². The maximum atomic E-state index is 5.13. The van der Waals surface area contributed by atoms with Crippen LogP contribution in [-0.4, -0.2) is 17.8 Å². The average molecular weight is 166 g/mol. The molecule has 0 unspecified atom stereocenters. The lowest BCUT2D eigenvalue weighted by atomic mass is 10.3. The van der Waals surface area contributed by atoms with Crippen molar-refractivity contribution in [2.24, 2.45) is 12.0 Å². The predicted molar refractivity (Wildman–Crippen MR) is 49.8 cm³/mol. The SMILES string of the molecule is CN=Cc1cccn(C)c1=S. The summed E-state index contributed by atoms with van der Waals surface area (Å²) in [6.45, 7) is 0. The third-order valence-electron chi connectivity index (χ3n) is 1.42. The first kappa shape index (κ1) is 8.14. The van der Waals surface area contributed by atoms with Gasteiger partial charge in [0.1, 0.15) is 4.64 Å². The summed E-state index contributed by atoms with van der Waals surface area (Å²) in [6.07, 6.45) is 3.69. The van der Waals surface area contributed by atoms with Crippen molar-refractivity contribution in [1.82, 2.24) is 4.57 Å². The molecular weight excluding hydrogens is 156 g/mol. The Kier molecular flexibility index (Phi) is 2.54. The highest BCUT2D eigenvalue weighted by Gasteiger charge is 1.90. The molecule has 0 aliphatic carbocycles. The summed E-state index contributed by atoms with van der Waals surface area (Å²) in [4.78, 5) is 3.90. The number of pyridine rings is 1. The molecule has 58 valence electrons. The van der Waals surface area contributed by atoms with E-state index in [4.69, 9.17) is 12.2 Å². The second-order valence-corrected chi connectivity index (χ2v) is 2.65. The van der Waals surface area contributed by atoms with Crippen LogP contribution < -0.4 is 0 Å². The van der Waals surface area contributed by atoms with Crippen LogP contribution in [0.15, 0.2) is 23.3 Å². The molecule has 1 rings (SSSR count). The summed E-state index contributed by atoms with van der Waals surface area (Å²) in [5, 5.41) is 0. The fourth-order valence-electron chi connectivity index (χ4n) is 0.856. The van der Waals surface area contributed by atoms with Crippen LogP contribution in [0.5, 0.6) is 0 Å². The molecule has 0 radical (unpaired) electrons. The molecule has 0 aliphatic rings. The van der Waals surface area contributed by atoms with Crippen molar-refractivity contribution in [1.29, 1.82) is 0 Å². The van der Waals surface area contributed by atoms with Crippen LogP contribution >= 0.6 is 12.2 Å². The maximum absolute atomic E-state index is 5.13. The zero-order valence-corrected chi connectivity index (χ0v) is 7.43. The van der Waals surface area contributed by atoms with Gasteiger partial charge in [-0.25, -0.2) is 0 Å². The summed E-state index contributed by atoms with van der Waals surface area (Å²) in [7, 11) is 3.66. The van der Waals surface area contributed by atoms with Gasteiger partial charge < -0.3 is 4.57 Å². The van der Waals surface area contributed by atoms with Crippen molar-refractivity contribution in [2.75, 3.05) is 7.05 Å². The molecule has 0 atom stereocenters. The molecule has 0 bridgehead atoms. The molecule has 3 heteroatoms. The van der Waals surface area contributed by atoms with E-state index in [0.29, 0.717) is 0 Å². The molecule has 2 nitrogen and oxygen atoms in total. The molecule has 0 aromatic carbocycles. The van der Waals surface area contributed by atoms with Crippen LogP contribution in [0.1, 0.15) is 5.56 Å². The molecule has 0 N–H and O–H groups in total. The molecule has 1 aromatic heterocycles. The van der Waals surface area contributed by atoms with Gasteiger partial charge in [-0.1, -0.05) is 12.2 Å². The first-order valence-electron chi connectivity index (χ1n) is 3.33. The predicted octanol–water partition coefficient (Wildman–Crippen LogP) is 1.80. The minimum atomic E-state index is 0.818. The van der Waals surface area contributed by atoms with Gasteiger partial charge in [-0.2, -0.15) is 0 Å². The van der Waals surface area contributed by atoms with Crippen molar-refractivity contribution in [3.05, 3.63) is 28.5 Å². The van der Waals surface area contributed by atoms with Gasteiger partial charge in [0.25, 0.3) is 0 Å². The Morgan fingerprint density at radius 2 is 2.36 bits per heavy atom. The Morgan fingerprint density at radius 3 is 3.00 bits per heavy atom. The standard InChI is InChI=1S/C8H10N2S/c1-9-6-7-4-3-5-10(2)8(7)11/h3-6H,1-2H3. The largest absolute Gasteiger partial charge is 0.342 e. The number of hydrogen-bond acceptors (Lipinski definition) is 2. The molecule has 1 heterocycles. The monoisotopic (exact) mass is 166 g/mol. The highest BCUT2D eigenvalue weighted by molar-refractivity contribution is 7.71. The van der Waals surface area contributed by atoms with Crippen LogP contribution in [0.3, 0.4) is 0 Å². The summed E-state index contributed by atoms with van der Waals surface area (Å²) in [5.74, 6) is 0. The zero-order chi connectivity index (χ0) is 8.27. The number of nitrogens with zero attached hydrogens (tertiary/aromatic N) is 2. The fraction of sp³-hybridized carbons (Fsp3) is 0.250. The van der Waals surface area contributed by atoms with Crippen molar-refractivity contribution in [3.63, 3.8) is 0 Å². The van der Waals surface area contributed by atoms with E-state index in [1.54, 1.807) is 13.3 Å². The van der Waals surface area contributed by atoms with E-state index in [-0.39, 0.29) is 0 Å². The molecule has 0 saturated carbocycles. The smallest absolute Gasteiger partial charge is 0.114 e. The van der Waals surface area contributed by atoms with Crippen LogP contribution in [0.2, 0.25) is 0 Å². The second kappa shape index (κ2) is 3.44. The number of rotatable bonds is 1. The van der Waals surface area contributed by atoms with Crippen LogP contribution in [0.4, 0.5) is 0 Å². The number of aromatic nitrogens is 1. The van der Waals surface area contributed by atoms with Gasteiger partial charge in [0.05, 0.1) is 0 Å². The number of aryl methyl sites for hydroxylation is 1. The fourth-order valence-corrected chi connectivity index (χ4v) is 1.04. The van der Waals surface area contributed by atoms with E-state index in [1.807, 2.05) is 29.9 Å². The van der Waals surface area contributed by atoms with E-state index >= 15 is 0 Å². The Morgan fingerprint density at radius 1 is 1.64 bits per heavy atom. The Bertz CT molecular complexity index is 325. The molecule has 0 aliphatic heterocycles. The molecule has 0 spiro atoms. The van der Waals surface area contributed by atoms with Gasteiger partial charge >= 0.3 is 0 Å². The normalized spacial score (nSPS) is 10.7. The van der Waals surface area contributed by atoms with Gasteiger partial charge in [0.15, 0.2) is 0 Å². The average Bonchev–Trinajstić information content (AvgIpc) is 1.99. The van der Waals surface area contributed by atoms with Gasteiger partial charge in [0.2, 0.25) is 0 Å². The van der Waals surface area contributed by atoms with Gasteiger partial charge in [0, 0.05) is 32.1 Å². The summed E-state index contributed by atoms with van der Waals surface area (Å²) in [6, 6.07) is 3.90. The van der Waals surface area contributed by atoms with E-state index in [0.717, 1.165) is 10.2 Å². The lowest BCUT2D eigenvalue weighted by Crippen LogP contribution is -1.94. The molecule has 1 aromatic rings. The van der Waals surface area contributed by atoms with Crippen LogP contribution in [-0.2, 0) is 7.05 Å². The molecular formula is C8H10N2S. The first-order chi connectivity index (χ1) is 5.25. The highest BCUT2D eigenvalue weighted by Crippen LogP contribution is 1.98. The van der Waals surface area contributed by atoms with E-state index in [2.05, 4.69) is 4.99 Å². The third-order valence-corrected chi connectivity index (χ3v) is 1.94. The Labute approximate surface area is 71.2 Å². The molecule has 0 fully saturated rings. The first-order valence-corrected chi connectivity index (χ1v) is 3.74. The van der Waals surface area contributed by atoms with E-state index < -0.39 is 0 Å². The quantitative estimate of drug-likeness (QED) is 0.459. The molecule has 0 amide bonds. The van der Waals surface area contributed by atoms with Crippen LogP contribution in [0, 0.1) is 4.64 Å². The third kappa shape index (κ3) is 1.74. The Balaban J connectivity index is 3.28. The summed E-state index contributed by atoms with van der Waals surface area (Å²) >= 11 is 5.13. The Hall–Kier alpha value is -0.960. The van der Waals surface area contributed by atoms with Crippen molar-refractivity contribution < 1.29 is 0 Å². The lowest BCUT2D eigenvalue weighted by molar-refractivity contribution is 0.886. The minimum Gasteiger partial charge on any atom is -0.342 e. The molecule has 0 saturated heterocycles. The lowest BCUT2D eigenvalue weighted by Gasteiger charge is -1.98. The number of hydrogen-bond donors (Lipinski definition) is 0. The van der Waals surface area contributed by atoms with Gasteiger partial charge in [-0.3, -0.25) is 4.99 Å². The van der Waals surface area contributed by atoms with Crippen molar-refractivity contribution in [2.45, 2.75) is 0 Å². The zero-order valence-electron chi connectivity index (χ0n) is 6.61. The van der Waals surface area contributed by atoms with Crippen molar-refractivity contribution >= 4 is 18.4 Å². The topological polar surface area (TPSA) is 17.3 Å². The van der Waals surface area contributed by atoms with Crippen LogP contribution in [0.25, 0.3) is 0 Å².